The highest BCUT2D eigenvalue weighted by molar-refractivity contribution is 6.32. The van der Waals surface area contributed by atoms with Crippen LogP contribution in [-0.2, 0) is 0 Å². The van der Waals surface area contributed by atoms with Crippen molar-refractivity contribution >= 4 is 11.6 Å². The van der Waals surface area contributed by atoms with E-state index in [1.54, 1.807) is 13.0 Å². The maximum absolute atomic E-state index is 13.7. The Hall–Kier alpha value is -0.800. The molecule has 0 bridgehead atoms. The van der Waals surface area contributed by atoms with Crippen LogP contribution in [0.15, 0.2) is 12.1 Å². The minimum atomic E-state index is -0.443. The Morgan fingerprint density at radius 2 is 2.12 bits per heavy atom. The van der Waals surface area contributed by atoms with Crippen molar-refractivity contribution in [1.82, 2.24) is 0 Å². The number of benzene rings is 1. The molecular formula is C13H19ClFNO. The molecule has 1 aromatic carbocycles. The lowest BCUT2D eigenvalue weighted by atomic mass is 10.0. The molecule has 4 heteroatoms. The van der Waals surface area contributed by atoms with Gasteiger partial charge in [0.2, 0.25) is 0 Å². The van der Waals surface area contributed by atoms with Gasteiger partial charge in [-0.15, -0.1) is 0 Å². The molecule has 96 valence electrons. The molecule has 0 spiro atoms. The monoisotopic (exact) mass is 259 g/mol. The van der Waals surface area contributed by atoms with Crippen molar-refractivity contribution in [3.63, 3.8) is 0 Å². The molecule has 0 heterocycles. The lowest BCUT2D eigenvalue weighted by Gasteiger charge is -2.14. The molecule has 2 N–H and O–H groups in total. The third-order valence-electron chi connectivity index (χ3n) is 2.61. The third-order valence-corrected chi connectivity index (χ3v) is 2.89. The molecule has 0 amide bonds. The van der Waals surface area contributed by atoms with Crippen LogP contribution < -0.4 is 10.5 Å². The summed E-state index contributed by atoms with van der Waals surface area (Å²) in [5, 5.41) is 0.286. The Balaban J connectivity index is 2.89. The average Bonchev–Trinajstić information content (AvgIpc) is 2.30. The topological polar surface area (TPSA) is 35.2 Å². The van der Waals surface area contributed by atoms with E-state index in [1.807, 2.05) is 0 Å². The lowest BCUT2D eigenvalue weighted by molar-refractivity contribution is 0.321. The molecule has 1 atom stereocenters. The fraction of sp³-hybridized carbons (Fsp3) is 0.538. The van der Waals surface area contributed by atoms with Crippen molar-refractivity contribution < 1.29 is 9.13 Å². The van der Waals surface area contributed by atoms with Crippen molar-refractivity contribution in [3.05, 3.63) is 28.5 Å². The van der Waals surface area contributed by atoms with Gasteiger partial charge in [-0.1, -0.05) is 31.4 Å². The average molecular weight is 260 g/mol. The van der Waals surface area contributed by atoms with Crippen LogP contribution in [0.25, 0.3) is 0 Å². The van der Waals surface area contributed by atoms with Crippen molar-refractivity contribution in [2.24, 2.45) is 5.73 Å². The van der Waals surface area contributed by atoms with Crippen LogP contribution in [0, 0.1) is 5.82 Å². The summed E-state index contributed by atoms with van der Waals surface area (Å²) in [5.74, 6) is -0.332. The first-order chi connectivity index (χ1) is 8.10. The van der Waals surface area contributed by atoms with E-state index in [1.165, 1.54) is 6.07 Å². The molecule has 1 aromatic rings. The number of ether oxygens (including phenoxy) is 1. The summed E-state index contributed by atoms with van der Waals surface area (Å²) in [6.07, 6.45) is 2.93. The number of halogens is 2. The molecule has 2 nitrogen and oxygen atoms in total. The molecule has 0 aliphatic heterocycles. The predicted molar refractivity (Wildman–Crippen MR) is 69.0 cm³/mol. The van der Waals surface area contributed by atoms with E-state index in [9.17, 15) is 4.39 Å². The SMILES string of the molecule is CCCC[C@@H](N)c1cc(F)c(OCC)c(Cl)c1. The highest BCUT2D eigenvalue weighted by Gasteiger charge is 2.14. The Kier molecular flexibility index (Phi) is 5.72. The lowest BCUT2D eigenvalue weighted by Crippen LogP contribution is -2.11. The number of rotatable bonds is 6. The summed E-state index contributed by atoms with van der Waals surface area (Å²) >= 11 is 5.97. The molecule has 0 saturated carbocycles. The third kappa shape index (κ3) is 3.86. The van der Waals surface area contributed by atoms with E-state index < -0.39 is 5.82 Å². The number of hydrogen-bond donors (Lipinski definition) is 1. The molecule has 0 unspecified atom stereocenters. The van der Waals surface area contributed by atoms with Crippen molar-refractivity contribution in [2.45, 2.75) is 39.2 Å². The summed E-state index contributed by atoms with van der Waals surface area (Å²) in [7, 11) is 0. The van der Waals surface area contributed by atoms with Gasteiger partial charge in [0.05, 0.1) is 11.6 Å². The van der Waals surface area contributed by atoms with E-state index >= 15 is 0 Å². The molecule has 17 heavy (non-hydrogen) atoms. The number of hydrogen-bond acceptors (Lipinski definition) is 2. The zero-order valence-electron chi connectivity index (χ0n) is 10.3. The highest BCUT2D eigenvalue weighted by Crippen LogP contribution is 2.31. The fourth-order valence-corrected chi connectivity index (χ4v) is 1.94. The molecule has 0 aliphatic rings. The van der Waals surface area contributed by atoms with Crippen LogP contribution in [0.3, 0.4) is 0 Å². The minimum Gasteiger partial charge on any atom is -0.489 e. The predicted octanol–water partition coefficient (Wildman–Crippen LogP) is 4.07. The normalized spacial score (nSPS) is 12.5. The first-order valence-electron chi connectivity index (χ1n) is 5.97. The van der Waals surface area contributed by atoms with E-state index in [0.717, 1.165) is 24.8 Å². The van der Waals surface area contributed by atoms with Crippen molar-refractivity contribution in [2.75, 3.05) is 6.61 Å². The fourth-order valence-electron chi connectivity index (χ4n) is 1.67. The first-order valence-corrected chi connectivity index (χ1v) is 6.35. The van der Waals surface area contributed by atoms with Crippen LogP contribution >= 0.6 is 11.6 Å². The van der Waals surface area contributed by atoms with Gasteiger partial charge < -0.3 is 10.5 Å². The summed E-state index contributed by atoms with van der Waals surface area (Å²) in [6, 6.07) is 2.94. The van der Waals surface area contributed by atoms with E-state index in [4.69, 9.17) is 22.1 Å². The highest BCUT2D eigenvalue weighted by atomic mass is 35.5. The zero-order chi connectivity index (χ0) is 12.8. The van der Waals surface area contributed by atoms with Crippen LogP contribution in [0.2, 0.25) is 5.02 Å². The van der Waals surface area contributed by atoms with Gasteiger partial charge in [0.15, 0.2) is 11.6 Å². The number of nitrogens with two attached hydrogens (primary N) is 1. The second-order valence-electron chi connectivity index (χ2n) is 4.00. The van der Waals surface area contributed by atoms with Crippen molar-refractivity contribution in [1.29, 1.82) is 0 Å². The van der Waals surface area contributed by atoms with Gasteiger partial charge in [0, 0.05) is 6.04 Å². The Morgan fingerprint density at radius 1 is 1.41 bits per heavy atom. The van der Waals surface area contributed by atoms with E-state index in [0.29, 0.717) is 6.61 Å². The molecule has 0 fully saturated rings. The molecule has 0 aromatic heterocycles. The van der Waals surface area contributed by atoms with Gasteiger partial charge in [0.1, 0.15) is 0 Å². The maximum Gasteiger partial charge on any atom is 0.173 e. The quantitative estimate of drug-likeness (QED) is 0.836. The van der Waals surface area contributed by atoms with E-state index in [-0.39, 0.29) is 16.8 Å². The second kappa shape index (κ2) is 6.82. The second-order valence-corrected chi connectivity index (χ2v) is 4.40. The first kappa shape index (κ1) is 14.3. The van der Waals surface area contributed by atoms with Gasteiger partial charge in [0.25, 0.3) is 0 Å². The molecule has 0 saturated heterocycles. The van der Waals surface area contributed by atoms with Crippen LogP contribution in [-0.4, -0.2) is 6.61 Å². The Labute approximate surface area is 107 Å². The summed E-state index contributed by atoms with van der Waals surface area (Å²) in [5.41, 5.74) is 6.70. The largest absolute Gasteiger partial charge is 0.489 e. The van der Waals surface area contributed by atoms with Gasteiger partial charge in [-0.2, -0.15) is 0 Å². The summed E-state index contributed by atoms with van der Waals surface area (Å²) < 4.78 is 18.9. The molecule has 0 aliphatic carbocycles. The standard InChI is InChI=1S/C13H19ClFNO/c1-3-5-6-12(16)9-7-10(14)13(17-4-2)11(15)8-9/h7-8,12H,3-6,16H2,1-2H3/t12-/m1/s1. The van der Waals surface area contributed by atoms with Crippen LogP contribution in [0.4, 0.5) is 4.39 Å². The van der Waals surface area contributed by atoms with Crippen LogP contribution in [0.5, 0.6) is 5.75 Å². The smallest absolute Gasteiger partial charge is 0.173 e. The van der Waals surface area contributed by atoms with Gasteiger partial charge in [-0.3, -0.25) is 0 Å². The molecular weight excluding hydrogens is 241 g/mol. The maximum atomic E-state index is 13.7. The van der Waals surface area contributed by atoms with Crippen LogP contribution in [0.1, 0.15) is 44.7 Å². The summed E-state index contributed by atoms with van der Waals surface area (Å²) in [4.78, 5) is 0. The van der Waals surface area contributed by atoms with Gasteiger partial charge in [-0.05, 0) is 31.0 Å². The Morgan fingerprint density at radius 3 is 2.65 bits per heavy atom. The molecule has 0 radical (unpaired) electrons. The Bertz CT molecular complexity index is 347. The minimum absolute atomic E-state index is 0.112. The van der Waals surface area contributed by atoms with Gasteiger partial charge >= 0.3 is 0 Å². The molecule has 1 rings (SSSR count). The van der Waals surface area contributed by atoms with E-state index in [2.05, 4.69) is 6.92 Å². The van der Waals surface area contributed by atoms with Gasteiger partial charge in [-0.25, -0.2) is 4.39 Å². The summed E-state index contributed by atoms with van der Waals surface area (Å²) in [6.45, 7) is 4.27. The van der Waals surface area contributed by atoms with Crippen molar-refractivity contribution in [3.8, 4) is 5.75 Å². The zero-order valence-corrected chi connectivity index (χ0v) is 11.1. The number of unbranched alkanes of at least 4 members (excludes halogenated alkanes) is 1.